The molecule has 28 heavy (non-hydrogen) atoms. The lowest BCUT2D eigenvalue weighted by Crippen LogP contribution is -2.43. The number of hydrogen-bond acceptors (Lipinski definition) is 3. The highest BCUT2D eigenvalue weighted by molar-refractivity contribution is 5.67. The number of aromatic nitrogens is 2. The molecule has 7 heteroatoms. The molecule has 1 aliphatic heterocycles. The summed E-state index contributed by atoms with van der Waals surface area (Å²) in [6, 6.07) is 10.7. The van der Waals surface area contributed by atoms with Crippen molar-refractivity contribution in [3.05, 3.63) is 59.4 Å². The summed E-state index contributed by atoms with van der Waals surface area (Å²) in [5.41, 5.74) is 3.57. The van der Waals surface area contributed by atoms with Crippen molar-refractivity contribution in [1.29, 1.82) is 0 Å². The highest BCUT2D eigenvalue weighted by Gasteiger charge is 2.31. The van der Waals surface area contributed by atoms with Crippen molar-refractivity contribution in [2.45, 2.75) is 26.1 Å². The number of fused-ring (bicyclic) bond motifs is 1. The number of halogens is 3. The van der Waals surface area contributed by atoms with Crippen molar-refractivity contribution in [1.82, 2.24) is 19.6 Å². The molecule has 3 aromatic rings. The fourth-order valence-electron chi connectivity index (χ4n) is 3.62. The van der Waals surface area contributed by atoms with Crippen molar-refractivity contribution in [2.75, 3.05) is 26.2 Å². The maximum atomic E-state index is 13.3. The lowest BCUT2D eigenvalue weighted by molar-refractivity contribution is -0.137. The van der Waals surface area contributed by atoms with Gasteiger partial charge in [-0.3, -0.25) is 4.90 Å². The first-order valence-electron chi connectivity index (χ1n) is 9.56. The molecule has 0 radical (unpaired) electrons. The van der Waals surface area contributed by atoms with E-state index in [0.717, 1.165) is 55.6 Å². The van der Waals surface area contributed by atoms with Gasteiger partial charge in [0, 0.05) is 44.5 Å². The summed E-state index contributed by atoms with van der Waals surface area (Å²) < 4.78 is 41.4. The van der Waals surface area contributed by atoms with Gasteiger partial charge in [-0.2, -0.15) is 13.2 Å². The van der Waals surface area contributed by atoms with E-state index in [4.69, 9.17) is 0 Å². The second-order valence-electron chi connectivity index (χ2n) is 7.13. The molecule has 0 unspecified atom stereocenters. The molecule has 1 N–H and O–H groups in total. The molecular formula is C21H23F3N4. The molecule has 1 aromatic carbocycles. The molecule has 1 aliphatic rings. The Morgan fingerprint density at radius 3 is 2.39 bits per heavy atom. The van der Waals surface area contributed by atoms with Crippen LogP contribution >= 0.6 is 0 Å². The van der Waals surface area contributed by atoms with E-state index in [2.05, 4.69) is 34.3 Å². The normalized spacial score (nSPS) is 16.0. The Kier molecular flexibility index (Phi) is 5.12. The maximum absolute atomic E-state index is 13.3. The van der Waals surface area contributed by atoms with Crippen LogP contribution in [0.2, 0.25) is 0 Å². The van der Waals surface area contributed by atoms with Crippen LogP contribution in [0.15, 0.2) is 42.6 Å². The Morgan fingerprint density at radius 2 is 1.75 bits per heavy atom. The summed E-state index contributed by atoms with van der Waals surface area (Å²) in [6.45, 7) is 6.14. The second-order valence-corrected chi connectivity index (χ2v) is 7.13. The summed E-state index contributed by atoms with van der Waals surface area (Å²) in [6.07, 6.45) is -2.27. The molecule has 4 rings (SSSR count). The minimum atomic E-state index is -4.38. The number of piperazine rings is 1. The molecular weight excluding hydrogens is 365 g/mol. The Labute approximate surface area is 162 Å². The zero-order chi connectivity index (χ0) is 19.7. The Morgan fingerprint density at radius 1 is 1.04 bits per heavy atom. The van der Waals surface area contributed by atoms with Crippen LogP contribution in [0, 0.1) is 0 Å². The summed E-state index contributed by atoms with van der Waals surface area (Å²) in [7, 11) is 0. The molecule has 1 saturated heterocycles. The Bertz CT molecular complexity index is 954. The van der Waals surface area contributed by atoms with E-state index in [9.17, 15) is 13.2 Å². The quantitative estimate of drug-likeness (QED) is 0.734. The fourth-order valence-corrected chi connectivity index (χ4v) is 3.62. The highest BCUT2D eigenvalue weighted by atomic mass is 19.4. The third-order valence-corrected chi connectivity index (χ3v) is 5.26. The minimum Gasteiger partial charge on any atom is -0.314 e. The van der Waals surface area contributed by atoms with Gasteiger partial charge < -0.3 is 9.72 Å². The molecule has 2 aromatic heterocycles. The number of alkyl halides is 3. The van der Waals surface area contributed by atoms with Gasteiger partial charge in [-0.1, -0.05) is 31.2 Å². The third-order valence-electron chi connectivity index (χ3n) is 5.26. The van der Waals surface area contributed by atoms with E-state index in [-0.39, 0.29) is 0 Å². The number of rotatable bonds is 4. The van der Waals surface area contributed by atoms with Crippen molar-refractivity contribution >= 4 is 5.65 Å². The van der Waals surface area contributed by atoms with Crippen molar-refractivity contribution in [3.8, 4) is 11.3 Å². The second kappa shape index (κ2) is 7.56. The Balaban J connectivity index is 1.82. The average molecular weight is 388 g/mol. The molecule has 0 saturated carbocycles. The summed E-state index contributed by atoms with van der Waals surface area (Å²) in [5, 5.41) is 3.31. The van der Waals surface area contributed by atoms with E-state index in [1.165, 1.54) is 17.8 Å². The zero-order valence-electron chi connectivity index (χ0n) is 15.8. The first-order chi connectivity index (χ1) is 13.5. The van der Waals surface area contributed by atoms with Gasteiger partial charge in [0.2, 0.25) is 0 Å². The van der Waals surface area contributed by atoms with E-state index in [1.807, 2.05) is 12.1 Å². The molecule has 0 amide bonds. The number of aryl methyl sites for hydroxylation is 1. The molecule has 0 bridgehead atoms. The topological polar surface area (TPSA) is 32.6 Å². The molecule has 0 aliphatic carbocycles. The molecule has 0 atom stereocenters. The SMILES string of the molecule is CCc1ccc(-c2nc3ccc(C(F)(F)F)cn3c2CN2CCNCC2)cc1. The minimum absolute atomic E-state index is 0.535. The number of hydrogen-bond donors (Lipinski definition) is 1. The van der Waals surface area contributed by atoms with Crippen LogP contribution in [-0.4, -0.2) is 40.5 Å². The molecule has 4 nitrogen and oxygen atoms in total. The van der Waals surface area contributed by atoms with Gasteiger partial charge in [0.05, 0.1) is 17.0 Å². The van der Waals surface area contributed by atoms with Crippen LogP contribution in [0.1, 0.15) is 23.7 Å². The molecule has 3 heterocycles. The smallest absolute Gasteiger partial charge is 0.314 e. The standard InChI is InChI=1S/C21H23F3N4/c1-2-15-3-5-16(6-4-15)20-18(14-27-11-9-25-10-12-27)28-13-17(21(22,23)24)7-8-19(28)26-20/h3-8,13,25H,2,9-12,14H2,1H3. The van der Waals surface area contributed by atoms with E-state index in [0.29, 0.717) is 12.2 Å². The summed E-state index contributed by atoms with van der Waals surface area (Å²) in [5.74, 6) is 0. The van der Waals surface area contributed by atoms with Gasteiger partial charge in [-0.15, -0.1) is 0 Å². The van der Waals surface area contributed by atoms with Crippen LogP contribution in [0.4, 0.5) is 13.2 Å². The van der Waals surface area contributed by atoms with Crippen LogP contribution in [0.5, 0.6) is 0 Å². The fraction of sp³-hybridized carbons (Fsp3) is 0.381. The highest BCUT2D eigenvalue weighted by Crippen LogP contribution is 2.32. The van der Waals surface area contributed by atoms with Crippen LogP contribution < -0.4 is 5.32 Å². The number of benzene rings is 1. The zero-order valence-corrected chi connectivity index (χ0v) is 15.8. The predicted molar refractivity (Wildman–Crippen MR) is 103 cm³/mol. The first-order valence-corrected chi connectivity index (χ1v) is 9.56. The number of nitrogens with zero attached hydrogens (tertiary/aromatic N) is 3. The van der Waals surface area contributed by atoms with E-state index < -0.39 is 11.7 Å². The summed E-state index contributed by atoms with van der Waals surface area (Å²) in [4.78, 5) is 6.93. The summed E-state index contributed by atoms with van der Waals surface area (Å²) >= 11 is 0. The molecule has 148 valence electrons. The largest absolute Gasteiger partial charge is 0.417 e. The monoisotopic (exact) mass is 388 g/mol. The van der Waals surface area contributed by atoms with Gasteiger partial charge in [-0.05, 0) is 24.1 Å². The van der Waals surface area contributed by atoms with Gasteiger partial charge in [0.1, 0.15) is 5.65 Å². The number of pyridine rings is 1. The lowest BCUT2D eigenvalue weighted by Gasteiger charge is -2.27. The molecule has 1 fully saturated rings. The predicted octanol–water partition coefficient (Wildman–Crippen LogP) is 3.99. The van der Waals surface area contributed by atoms with Gasteiger partial charge >= 0.3 is 6.18 Å². The van der Waals surface area contributed by atoms with Gasteiger partial charge in [0.25, 0.3) is 0 Å². The van der Waals surface area contributed by atoms with E-state index >= 15 is 0 Å². The lowest BCUT2D eigenvalue weighted by atomic mass is 10.1. The van der Waals surface area contributed by atoms with Crippen LogP contribution in [0.3, 0.4) is 0 Å². The van der Waals surface area contributed by atoms with Crippen LogP contribution in [0.25, 0.3) is 16.9 Å². The van der Waals surface area contributed by atoms with E-state index in [1.54, 1.807) is 4.40 Å². The Hall–Kier alpha value is -2.38. The van der Waals surface area contributed by atoms with Gasteiger partial charge in [-0.25, -0.2) is 4.98 Å². The first kappa shape index (κ1) is 19.0. The van der Waals surface area contributed by atoms with Gasteiger partial charge in [0.15, 0.2) is 0 Å². The maximum Gasteiger partial charge on any atom is 0.417 e. The third kappa shape index (κ3) is 3.77. The van der Waals surface area contributed by atoms with Crippen molar-refractivity contribution in [3.63, 3.8) is 0 Å². The number of nitrogens with one attached hydrogen (secondary N) is 1. The molecule has 0 spiro atoms. The average Bonchev–Trinajstić information content (AvgIpc) is 3.06. The van der Waals surface area contributed by atoms with Crippen molar-refractivity contribution in [2.24, 2.45) is 0 Å². The van der Waals surface area contributed by atoms with Crippen LogP contribution in [-0.2, 0) is 19.1 Å². The van der Waals surface area contributed by atoms with Crippen molar-refractivity contribution < 1.29 is 13.2 Å². The number of imidazole rings is 1.